The molecule has 2 aliphatic heterocycles. The van der Waals surface area contributed by atoms with Gasteiger partial charge in [-0.1, -0.05) is 25.1 Å². The maximum Gasteiger partial charge on any atom is 0.326 e. The minimum absolute atomic E-state index is 0.183. The first-order chi connectivity index (χ1) is 11.6. The fourth-order valence-electron chi connectivity index (χ4n) is 2.89. The zero-order valence-electron chi connectivity index (χ0n) is 13.6. The number of carbonyl (C=O) groups excluding carboxylic acids is 3. The third-order valence-corrected chi connectivity index (χ3v) is 4.09. The third-order valence-electron chi connectivity index (χ3n) is 4.09. The molecule has 8 nitrogen and oxygen atoms in total. The zero-order valence-corrected chi connectivity index (χ0v) is 13.6. The molecule has 0 saturated carbocycles. The van der Waals surface area contributed by atoms with Crippen LogP contribution in [0.25, 0.3) is 0 Å². The number of para-hydroxylation sites is 1. The highest BCUT2D eigenvalue weighted by Gasteiger charge is 2.45. The fraction of sp³-hybridized carbons (Fsp3) is 0.438. The molecular weight excluding hydrogens is 310 g/mol. The molecule has 128 valence electrons. The van der Waals surface area contributed by atoms with Crippen molar-refractivity contribution in [1.82, 2.24) is 20.7 Å². The van der Waals surface area contributed by atoms with Crippen LogP contribution in [0.4, 0.5) is 5.69 Å². The van der Waals surface area contributed by atoms with Gasteiger partial charge in [-0.25, -0.2) is 0 Å². The smallest absolute Gasteiger partial charge is 0.326 e. The maximum absolute atomic E-state index is 12.3. The lowest BCUT2D eigenvalue weighted by molar-refractivity contribution is -0.163. The van der Waals surface area contributed by atoms with Gasteiger partial charge in [-0.2, -0.15) is 5.43 Å². The highest BCUT2D eigenvalue weighted by atomic mass is 16.2. The minimum atomic E-state index is -0.701. The Balaban J connectivity index is 1.74. The van der Waals surface area contributed by atoms with Gasteiger partial charge in [0.15, 0.2) is 6.29 Å². The molecule has 3 amide bonds. The van der Waals surface area contributed by atoms with Crippen molar-refractivity contribution in [2.24, 2.45) is 0 Å². The Hall–Kier alpha value is -2.61. The molecule has 1 aromatic carbocycles. The van der Waals surface area contributed by atoms with Gasteiger partial charge in [0.05, 0.1) is 0 Å². The van der Waals surface area contributed by atoms with Gasteiger partial charge in [-0.3, -0.25) is 24.3 Å². The van der Waals surface area contributed by atoms with Gasteiger partial charge >= 0.3 is 11.8 Å². The van der Waals surface area contributed by atoms with Gasteiger partial charge in [-0.15, -0.1) is 0 Å². The number of rotatable bonds is 5. The molecule has 2 heterocycles. The third kappa shape index (κ3) is 3.05. The van der Waals surface area contributed by atoms with E-state index in [2.05, 4.69) is 10.7 Å². The summed E-state index contributed by atoms with van der Waals surface area (Å²) in [5, 5.41) is 3.81. The number of fused-ring (bicyclic) bond motifs is 1. The standard InChI is InChI=1S/C16H21N5O3/c1-2-8-17-13(22)11-21-15(24)14(23)20-10-9-19(16(20)18-21)12-6-4-3-5-7-12/h3-7,16,18H,2,8-11H2,1H3,(H,17,22). The van der Waals surface area contributed by atoms with Crippen LogP contribution in [0.15, 0.2) is 30.3 Å². The van der Waals surface area contributed by atoms with Crippen molar-refractivity contribution < 1.29 is 14.4 Å². The number of nitrogens with zero attached hydrogens (tertiary/aromatic N) is 3. The lowest BCUT2D eigenvalue weighted by Crippen LogP contribution is -2.68. The van der Waals surface area contributed by atoms with E-state index in [0.29, 0.717) is 19.6 Å². The highest BCUT2D eigenvalue weighted by molar-refractivity contribution is 6.35. The average molecular weight is 331 g/mol. The number of nitrogens with one attached hydrogen (secondary N) is 2. The van der Waals surface area contributed by atoms with Crippen molar-refractivity contribution in [2.75, 3.05) is 31.1 Å². The summed E-state index contributed by atoms with van der Waals surface area (Å²) in [6.07, 6.45) is 0.348. The van der Waals surface area contributed by atoms with Crippen molar-refractivity contribution in [3.05, 3.63) is 30.3 Å². The van der Waals surface area contributed by atoms with Crippen LogP contribution in [0.2, 0.25) is 0 Å². The molecule has 1 unspecified atom stereocenters. The molecule has 1 aromatic rings. The largest absolute Gasteiger partial charge is 0.355 e. The summed E-state index contributed by atoms with van der Waals surface area (Å²) < 4.78 is 0. The average Bonchev–Trinajstić information content (AvgIpc) is 3.02. The topological polar surface area (TPSA) is 85.0 Å². The molecule has 0 spiro atoms. The molecule has 0 aromatic heterocycles. The molecule has 24 heavy (non-hydrogen) atoms. The van der Waals surface area contributed by atoms with Crippen LogP contribution in [0.5, 0.6) is 0 Å². The van der Waals surface area contributed by atoms with E-state index in [1.807, 2.05) is 42.2 Å². The van der Waals surface area contributed by atoms with Gasteiger partial charge < -0.3 is 10.2 Å². The first kappa shape index (κ1) is 16.3. The monoisotopic (exact) mass is 331 g/mol. The van der Waals surface area contributed by atoms with Gasteiger partial charge in [0, 0.05) is 25.3 Å². The Morgan fingerprint density at radius 2 is 1.88 bits per heavy atom. The summed E-state index contributed by atoms with van der Waals surface area (Å²) in [6.45, 7) is 3.39. The van der Waals surface area contributed by atoms with Crippen LogP contribution >= 0.6 is 0 Å². The number of hydrogen-bond donors (Lipinski definition) is 2. The molecule has 3 rings (SSSR count). The van der Waals surface area contributed by atoms with Crippen LogP contribution in [-0.4, -0.2) is 60.1 Å². The lowest BCUT2D eigenvalue weighted by Gasteiger charge is -2.40. The first-order valence-electron chi connectivity index (χ1n) is 8.09. The second-order valence-electron chi connectivity index (χ2n) is 5.77. The van der Waals surface area contributed by atoms with Crippen LogP contribution in [0, 0.1) is 0 Å². The van der Waals surface area contributed by atoms with Crippen molar-refractivity contribution in [3.8, 4) is 0 Å². The molecule has 2 N–H and O–H groups in total. The number of amides is 3. The first-order valence-corrected chi connectivity index (χ1v) is 8.09. The minimum Gasteiger partial charge on any atom is -0.355 e. The van der Waals surface area contributed by atoms with E-state index in [0.717, 1.165) is 17.1 Å². The number of hydrazine groups is 1. The van der Waals surface area contributed by atoms with Gasteiger partial charge in [-0.05, 0) is 18.6 Å². The Morgan fingerprint density at radius 1 is 1.17 bits per heavy atom. The quantitative estimate of drug-likeness (QED) is 0.710. The van der Waals surface area contributed by atoms with E-state index < -0.39 is 18.1 Å². The van der Waals surface area contributed by atoms with E-state index in [1.165, 1.54) is 4.90 Å². The van der Waals surface area contributed by atoms with Gasteiger partial charge in [0.1, 0.15) is 6.54 Å². The molecule has 2 saturated heterocycles. The molecule has 2 aliphatic rings. The predicted octanol–water partition coefficient (Wildman–Crippen LogP) is -0.508. The molecular formula is C16H21N5O3. The fourth-order valence-corrected chi connectivity index (χ4v) is 2.89. The normalized spacial score (nSPS) is 20.4. The Bertz CT molecular complexity index is 636. The molecule has 0 bridgehead atoms. The van der Waals surface area contributed by atoms with E-state index in [9.17, 15) is 14.4 Å². The molecule has 0 radical (unpaired) electrons. The molecule has 1 atom stereocenters. The van der Waals surface area contributed by atoms with E-state index >= 15 is 0 Å². The Morgan fingerprint density at radius 3 is 2.58 bits per heavy atom. The van der Waals surface area contributed by atoms with Crippen molar-refractivity contribution in [1.29, 1.82) is 0 Å². The van der Waals surface area contributed by atoms with Crippen LogP contribution in [0.3, 0.4) is 0 Å². The molecule has 8 heteroatoms. The van der Waals surface area contributed by atoms with Gasteiger partial charge in [0.25, 0.3) is 0 Å². The maximum atomic E-state index is 12.3. The van der Waals surface area contributed by atoms with Crippen molar-refractivity contribution in [3.63, 3.8) is 0 Å². The summed E-state index contributed by atoms with van der Waals surface area (Å²) in [7, 11) is 0. The number of anilines is 1. The van der Waals surface area contributed by atoms with Crippen LogP contribution in [-0.2, 0) is 14.4 Å². The van der Waals surface area contributed by atoms with Gasteiger partial charge in [0.2, 0.25) is 5.91 Å². The summed E-state index contributed by atoms with van der Waals surface area (Å²) in [5.41, 5.74) is 3.96. The van der Waals surface area contributed by atoms with Crippen molar-refractivity contribution in [2.45, 2.75) is 19.6 Å². The predicted molar refractivity (Wildman–Crippen MR) is 87.4 cm³/mol. The second-order valence-corrected chi connectivity index (χ2v) is 5.77. The van der Waals surface area contributed by atoms with Crippen LogP contribution in [0.1, 0.15) is 13.3 Å². The highest BCUT2D eigenvalue weighted by Crippen LogP contribution is 2.24. The van der Waals surface area contributed by atoms with E-state index in [4.69, 9.17) is 0 Å². The summed E-state index contributed by atoms with van der Waals surface area (Å²) in [6, 6.07) is 9.66. The number of benzene rings is 1. The van der Waals surface area contributed by atoms with E-state index in [1.54, 1.807) is 0 Å². The number of hydrogen-bond acceptors (Lipinski definition) is 5. The molecule has 2 fully saturated rings. The van der Waals surface area contributed by atoms with Crippen LogP contribution < -0.4 is 15.6 Å². The Kier molecular flexibility index (Phi) is 4.66. The Labute approximate surface area is 140 Å². The number of carbonyl (C=O) groups is 3. The lowest BCUT2D eigenvalue weighted by atomic mass is 10.3. The zero-order chi connectivity index (χ0) is 17.1. The summed E-state index contributed by atoms with van der Waals surface area (Å²) in [4.78, 5) is 39.9. The summed E-state index contributed by atoms with van der Waals surface area (Å²) in [5.74, 6) is -1.57. The van der Waals surface area contributed by atoms with Crippen molar-refractivity contribution >= 4 is 23.4 Å². The van der Waals surface area contributed by atoms with E-state index in [-0.39, 0.29) is 12.5 Å². The SMILES string of the molecule is CCCNC(=O)CN1NC2N(CCN2c2ccccc2)C(=O)C1=O. The summed E-state index contributed by atoms with van der Waals surface area (Å²) >= 11 is 0. The molecule has 0 aliphatic carbocycles. The second kappa shape index (κ2) is 6.88.